The fourth-order valence-corrected chi connectivity index (χ4v) is 1.82. The molecule has 3 nitrogen and oxygen atoms in total. The maximum atomic E-state index is 13.5. The van der Waals surface area contributed by atoms with E-state index < -0.39 is 35.4 Å². The Morgan fingerprint density at radius 2 is 1.75 bits per heavy atom. The number of halogens is 3. The zero-order chi connectivity index (χ0) is 15.5. The predicted octanol–water partition coefficient (Wildman–Crippen LogP) is 4.21. The first-order chi connectivity index (χ1) is 9.15. The molecule has 0 heterocycles. The fourth-order valence-electron chi connectivity index (χ4n) is 1.82. The van der Waals surface area contributed by atoms with Crippen molar-refractivity contribution in [2.45, 2.75) is 33.3 Å². The van der Waals surface area contributed by atoms with Gasteiger partial charge in [0, 0.05) is 18.0 Å². The Kier molecular flexibility index (Phi) is 5.03. The van der Waals surface area contributed by atoms with E-state index in [1.54, 1.807) is 20.8 Å². The van der Waals surface area contributed by atoms with Gasteiger partial charge >= 0.3 is 6.09 Å². The highest BCUT2D eigenvalue weighted by Crippen LogP contribution is 2.37. The van der Waals surface area contributed by atoms with Crippen molar-refractivity contribution in [3.63, 3.8) is 0 Å². The van der Waals surface area contributed by atoms with Gasteiger partial charge in [-0.1, -0.05) is 20.8 Å². The molecule has 0 spiro atoms. The van der Waals surface area contributed by atoms with E-state index in [9.17, 15) is 18.0 Å². The number of alkyl halides is 2. The molecule has 0 aliphatic heterocycles. The first kappa shape index (κ1) is 16.3. The molecule has 0 aliphatic rings. The minimum Gasteiger partial charge on any atom is -0.441 e. The Balaban J connectivity index is 3.23. The summed E-state index contributed by atoms with van der Waals surface area (Å²) in [4.78, 5) is 11.4. The second kappa shape index (κ2) is 6.15. The normalized spacial score (nSPS) is 13.2. The van der Waals surface area contributed by atoms with Crippen LogP contribution in [0.4, 0.5) is 18.0 Å². The molecule has 1 amide bonds. The first-order valence-electron chi connectivity index (χ1n) is 6.12. The molecule has 0 aliphatic carbocycles. The largest absolute Gasteiger partial charge is 0.441 e. The van der Waals surface area contributed by atoms with Gasteiger partial charge in [0.2, 0.25) is 0 Å². The monoisotopic (exact) mass is 289 g/mol. The summed E-state index contributed by atoms with van der Waals surface area (Å²) in [5.74, 6) is -0.785. The van der Waals surface area contributed by atoms with Gasteiger partial charge in [-0.3, -0.25) is 0 Å². The number of alkyl carbamates (subject to hydrolysis) is 1. The number of carbonyl (C=O) groups is 1. The Bertz CT molecular complexity index is 484. The van der Waals surface area contributed by atoms with Crippen molar-refractivity contribution in [3.8, 4) is 0 Å². The molecule has 112 valence electrons. The summed E-state index contributed by atoms with van der Waals surface area (Å²) < 4.78 is 44.1. The first-order valence-corrected chi connectivity index (χ1v) is 6.12. The average molecular weight is 289 g/mol. The van der Waals surface area contributed by atoms with Crippen LogP contribution in [0.5, 0.6) is 0 Å². The molecule has 0 saturated carbocycles. The van der Waals surface area contributed by atoms with Gasteiger partial charge in [0.15, 0.2) is 0 Å². The molecule has 1 atom stereocenters. The van der Waals surface area contributed by atoms with Crippen molar-refractivity contribution in [3.05, 3.63) is 35.1 Å². The number of amides is 1. The fraction of sp³-hybridized carbons (Fsp3) is 0.500. The topological polar surface area (TPSA) is 38.3 Å². The van der Waals surface area contributed by atoms with Gasteiger partial charge in [-0.15, -0.1) is 0 Å². The number of ether oxygens (including phenoxy) is 1. The van der Waals surface area contributed by atoms with Crippen molar-refractivity contribution in [2.24, 2.45) is 5.41 Å². The maximum absolute atomic E-state index is 13.5. The van der Waals surface area contributed by atoms with Gasteiger partial charge in [0.1, 0.15) is 11.9 Å². The van der Waals surface area contributed by atoms with Gasteiger partial charge < -0.3 is 10.1 Å². The van der Waals surface area contributed by atoms with E-state index >= 15 is 0 Å². The molecule has 0 fully saturated rings. The van der Waals surface area contributed by atoms with Crippen LogP contribution in [0.25, 0.3) is 0 Å². The van der Waals surface area contributed by atoms with Gasteiger partial charge in [-0.2, -0.15) is 0 Å². The third-order valence-electron chi connectivity index (χ3n) is 2.71. The average Bonchev–Trinajstić information content (AvgIpc) is 2.33. The molecule has 1 unspecified atom stereocenters. The highest BCUT2D eigenvalue weighted by molar-refractivity contribution is 5.67. The second-order valence-corrected chi connectivity index (χ2v) is 5.52. The van der Waals surface area contributed by atoms with Crippen LogP contribution >= 0.6 is 0 Å². The van der Waals surface area contributed by atoms with Crippen LogP contribution in [0.2, 0.25) is 0 Å². The standard InChI is InChI=1S/C14H18F3NO2/c1-14(2,3)11(20-13(19)18-4)8-5-9(12(16)17)7-10(15)6-8/h5-7,11-12H,1-4H3,(H,18,19). The molecule has 0 saturated heterocycles. The Labute approximate surface area is 116 Å². The van der Waals surface area contributed by atoms with E-state index in [2.05, 4.69) is 5.32 Å². The number of carbonyl (C=O) groups excluding carboxylic acids is 1. The lowest BCUT2D eigenvalue weighted by atomic mass is 9.84. The van der Waals surface area contributed by atoms with Crippen molar-refractivity contribution < 1.29 is 22.7 Å². The van der Waals surface area contributed by atoms with Crippen LogP contribution < -0.4 is 5.32 Å². The van der Waals surface area contributed by atoms with Crippen molar-refractivity contribution >= 4 is 6.09 Å². The van der Waals surface area contributed by atoms with Crippen LogP contribution in [0.15, 0.2) is 18.2 Å². The number of hydrogen-bond donors (Lipinski definition) is 1. The minimum atomic E-state index is -2.79. The second-order valence-electron chi connectivity index (χ2n) is 5.52. The van der Waals surface area contributed by atoms with E-state index in [0.29, 0.717) is 0 Å². The Hall–Kier alpha value is -1.72. The van der Waals surface area contributed by atoms with Crippen LogP contribution in [0.3, 0.4) is 0 Å². The molecule has 0 aromatic heterocycles. The lowest BCUT2D eigenvalue weighted by Crippen LogP contribution is -2.29. The summed E-state index contributed by atoms with van der Waals surface area (Å²) in [5, 5.41) is 2.29. The minimum absolute atomic E-state index is 0.205. The zero-order valence-electron chi connectivity index (χ0n) is 11.8. The summed E-state index contributed by atoms with van der Waals surface area (Å²) in [5.41, 5.74) is -0.800. The number of nitrogens with one attached hydrogen (secondary N) is 1. The van der Waals surface area contributed by atoms with E-state index in [-0.39, 0.29) is 5.56 Å². The van der Waals surface area contributed by atoms with Gasteiger partial charge in [-0.05, 0) is 23.8 Å². The summed E-state index contributed by atoms with van der Waals surface area (Å²) in [7, 11) is 1.39. The van der Waals surface area contributed by atoms with Crippen LogP contribution in [-0.4, -0.2) is 13.1 Å². The number of benzene rings is 1. The van der Waals surface area contributed by atoms with Crippen molar-refractivity contribution in [1.29, 1.82) is 0 Å². The Morgan fingerprint density at radius 3 is 2.20 bits per heavy atom. The van der Waals surface area contributed by atoms with Crippen LogP contribution in [0.1, 0.15) is 44.4 Å². The van der Waals surface area contributed by atoms with Gasteiger partial charge in [-0.25, -0.2) is 18.0 Å². The summed E-state index contributed by atoms with van der Waals surface area (Å²) in [6, 6.07) is 3.03. The quantitative estimate of drug-likeness (QED) is 0.905. The molecule has 6 heteroatoms. The molecule has 0 radical (unpaired) electrons. The molecule has 1 rings (SSSR count). The van der Waals surface area contributed by atoms with Crippen LogP contribution in [-0.2, 0) is 4.74 Å². The summed E-state index contributed by atoms with van der Waals surface area (Å²) in [6.45, 7) is 5.31. The lowest BCUT2D eigenvalue weighted by molar-refractivity contribution is 0.0310. The lowest BCUT2D eigenvalue weighted by Gasteiger charge is -2.30. The summed E-state index contributed by atoms with van der Waals surface area (Å²) in [6.07, 6.45) is -4.33. The molecular formula is C14H18F3NO2. The molecule has 1 N–H and O–H groups in total. The molecule has 20 heavy (non-hydrogen) atoms. The van der Waals surface area contributed by atoms with Gasteiger partial charge in [0.05, 0.1) is 0 Å². The summed E-state index contributed by atoms with van der Waals surface area (Å²) >= 11 is 0. The van der Waals surface area contributed by atoms with E-state index in [1.165, 1.54) is 7.05 Å². The highest BCUT2D eigenvalue weighted by atomic mass is 19.3. The molecule has 1 aromatic rings. The smallest absolute Gasteiger partial charge is 0.407 e. The van der Waals surface area contributed by atoms with E-state index in [0.717, 1.165) is 18.2 Å². The Morgan fingerprint density at radius 1 is 1.20 bits per heavy atom. The molecule has 1 aromatic carbocycles. The number of hydrogen-bond acceptors (Lipinski definition) is 2. The number of rotatable bonds is 3. The van der Waals surface area contributed by atoms with Crippen molar-refractivity contribution in [1.82, 2.24) is 5.32 Å². The SMILES string of the molecule is CNC(=O)OC(c1cc(F)cc(C(F)F)c1)C(C)(C)C. The maximum Gasteiger partial charge on any atom is 0.407 e. The third kappa shape index (κ3) is 4.15. The zero-order valence-corrected chi connectivity index (χ0v) is 11.8. The van der Waals surface area contributed by atoms with E-state index in [1.807, 2.05) is 0 Å². The van der Waals surface area contributed by atoms with Crippen molar-refractivity contribution in [2.75, 3.05) is 7.05 Å². The predicted molar refractivity (Wildman–Crippen MR) is 69.1 cm³/mol. The van der Waals surface area contributed by atoms with Gasteiger partial charge in [0.25, 0.3) is 6.43 Å². The van der Waals surface area contributed by atoms with Crippen LogP contribution in [0, 0.1) is 11.2 Å². The van der Waals surface area contributed by atoms with E-state index in [4.69, 9.17) is 4.74 Å². The molecular weight excluding hydrogens is 271 g/mol. The molecule has 0 bridgehead atoms. The third-order valence-corrected chi connectivity index (χ3v) is 2.71. The highest BCUT2D eigenvalue weighted by Gasteiger charge is 2.31.